The number of aromatic nitrogens is 2. The number of ether oxygens (including phenoxy) is 2. The number of carbonyl (C=O) groups is 1. The first kappa shape index (κ1) is 21.9. The van der Waals surface area contributed by atoms with Crippen molar-refractivity contribution < 1.29 is 14.3 Å². The van der Waals surface area contributed by atoms with Gasteiger partial charge in [-0.1, -0.05) is 46.5 Å². The summed E-state index contributed by atoms with van der Waals surface area (Å²) in [6.07, 6.45) is 10.2. The number of benzene rings is 1. The molecule has 0 aliphatic rings. The molecule has 28 heavy (non-hydrogen) atoms. The molecule has 152 valence electrons. The van der Waals surface area contributed by atoms with Gasteiger partial charge in [-0.05, 0) is 43.0 Å². The van der Waals surface area contributed by atoms with Crippen LogP contribution >= 0.6 is 0 Å². The van der Waals surface area contributed by atoms with E-state index in [9.17, 15) is 4.79 Å². The molecule has 1 aromatic heterocycles. The summed E-state index contributed by atoms with van der Waals surface area (Å²) in [4.78, 5) is 20.7. The molecule has 0 aliphatic heterocycles. The van der Waals surface area contributed by atoms with Crippen LogP contribution in [0.5, 0.6) is 11.5 Å². The fourth-order valence-electron chi connectivity index (χ4n) is 2.69. The maximum Gasteiger partial charge on any atom is 0.311 e. The van der Waals surface area contributed by atoms with Crippen LogP contribution in [0.4, 0.5) is 0 Å². The second-order valence-electron chi connectivity index (χ2n) is 7.20. The van der Waals surface area contributed by atoms with Crippen LogP contribution in [0.1, 0.15) is 65.7 Å². The van der Waals surface area contributed by atoms with Crippen LogP contribution in [0.3, 0.4) is 0 Å². The molecule has 0 fully saturated rings. The van der Waals surface area contributed by atoms with Crippen LogP contribution in [0, 0.1) is 5.92 Å². The van der Waals surface area contributed by atoms with Gasteiger partial charge < -0.3 is 9.47 Å². The Labute approximate surface area is 168 Å². The zero-order valence-electron chi connectivity index (χ0n) is 17.3. The van der Waals surface area contributed by atoms with Crippen molar-refractivity contribution in [1.82, 2.24) is 9.97 Å². The molecule has 2 rings (SSSR count). The predicted octanol–water partition coefficient (Wildman–Crippen LogP) is 5.83. The normalized spacial score (nSPS) is 11.8. The number of carbonyl (C=O) groups excluding carboxylic acids is 1. The highest BCUT2D eigenvalue weighted by molar-refractivity contribution is 5.72. The average molecular weight is 385 g/mol. The van der Waals surface area contributed by atoms with Gasteiger partial charge in [0, 0.05) is 12.0 Å². The van der Waals surface area contributed by atoms with Crippen LogP contribution in [-0.2, 0) is 4.79 Å². The molecule has 1 heterocycles. The fourth-order valence-corrected chi connectivity index (χ4v) is 2.69. The number of nitrogens with zero attached hydrogens (tertiary/aromatic N) is 2. The zero-order chi connectivity index (χ0) is 20.2. The van der Waals surface area contributed by atoms with Crippen LogP contribution in [0.25, 0.3) is 11.4 Å². The van der Waals surface area contributed by atoms with E-state index in [1.54, 1.807) is 24.5 Å². The molecule has 0 N–H and O–H groups in total. The highest BCUT2D eigenvalue weighted by atomic mass is 16.5. The van der Waals surface area contributed by atoms with E-state index in [4.69, 9.17) is 9.47 Å². The van der Waals surface area contributed by atoms with E-state index in [1.165, 1.54) is 12.8 Å². The smallest absolute Gasteiger partial charge is 0.311 e. The minimum atomic E-state index is -0.179. The van der Waals surface area contributed by atoms with Crippen molar-refractivity contribution in [3.05, 3.63) is 36.7 Å². The summed E-state index contributed by atoms with van der Waals surface area (Å²) in [5.74, 6) is 2.39. The number of hydrogen-bond acceptors (Lipinski definition) is 5. The van der Waals surface area contributed by atoms with Crippen LogP contribution in [0.2, 0.25) is 0 Å². The van der Waals surface area contributed by atoms with Gasteiger partial charge in [0.2, 0.25) is 0 Å². The molecule has 0 amide bonds. The van der Waals surface area contributed by atoms with Crippen molar-refractivity contribution in [2.24, 2.45) is 5.92 Å². The first-order valence-corrected chi connectivity index (χ1v) is 10.4. The molecule has 0 saturated carbocycles. The first-order valence-electron chi connectivity index (χ1n) is 10.4. The monoisotopic (exact) mass is 384 g/mol. The van der Waals surface area contributed by atoms with Gasteiger partial charge in [-0.15, -0.1) is 0 Å². The van der Waals surface area contributed by atoms with E-state index >= 15 is 0 Å². The number of esters is 1. The van der Waals surface area contributed by atoms with E-state index in [2.05, 4.69) is 30.7 Å². The number of rotatable bonds is 12. The molecule has 5 heteroatoms. The van der Waals surface area contributed by atoms with E-state index < -0.39 is 0 Å². The van der Waals surface area contributed by atoms with Crippen molar-refractivity contribution >= 4 is 5.97 Å². The lowest BCUT2D eigenvalue weighted by atomic mass is 10.0. The Hall–Kier alpha value is -2.43. The van der Waals surface area contributed by atoms with Gasteiger partial charge in [0.05, 0.1) is 19.0 Å². The van der Waals surface area contributed by atoms with Gasteiger partial charge in [0.25, 0.3) is 0 Å². The second-order valence-corrected chi connectivity index (χ2v) is 7.20. The molecule has 1 aromatic carbocycles. The predicted molar refractivity (Wildman–Crippen MR) is 111 cm³/mol. The lowest BCUT2D eigenvalue weighted by Gasteiger charge is -2.08. The van der Waals surface area contributed by atoms with Crippen molar-refractivity contribution in [2.75, 3.05) is 6.61 Å². The Morgan fingerprint density at radius 1 is 1.00 bits per heavy atom. The van der Waals surface area contributed by atoms with Gasteiger partial charge in [-0.2, -0.15) is 0 Å². The molecule has 0 radical (unpaired) electrons. The van der Waals surface area contributed by atoms with Crippen LogP contribution in [-0.4, -0.2) is 22.5 Å². The lowest BCUT2D eigenvalue weighted by Crippen LogP contribution is -2.07. The van der Waals surface area contributed by atoms with Crippen LogP contribution in [0.15, 0.2) is 36.7 Å². The summed E-state index contributed by atoms with van der Waals surface area (Å²) >= 11 is 0. The summed E-state index contributed by atoms with van der Waals surface area (Å²) < 4.78 is 11.0. The van der Waals surface area contributed by atoms with E-state index in [-0.39, 0.29) is 5.97 Å². The molecule has 0 spiro atoms. The van der Waals surface area contributed by atoms with Crippen molar-refractivity contribution in [2.45, 2.75) is 65.7 Å². The molecule has 1 unspecified atom stereocenters. The van der Waals surface area contributed by atoms with Crippen molar-refractivity contribution in [1.29, 1.82) is 0 Å². The zero-order valence-corrected chi connectivity index (χ0v) is 17.3. The number of hydrogen-bond donors (Lipinski definition) is 0. The standard InChI is InChI=1S/C23H32N2O3/c1-4-6-15-27-21-16-24-23(25-17-21)19-11-13-20(14-12-19)28-22(26)10-8-7-9-18(3)5-2/h11-14,16-18H,4-10,15H2,1-3H3. The van der Waals surface area contributed by atoms with Gasteiger partial charge in [0.1, 0.15) is 5.75 Å². The van der Waals surface area contributed by atoms with Gasteiger partial charge in [0.15, 0.2) is 11.6 Å². The molecule has 0 bridgehead atoms. The van der Waals surface area contributed by atoms with Gasteiger partial charge in [-0.25, -0.2) is 9.97 Å². The Morgan fingerprint density at radius 2 is 1.71 bits per heavy atom. The maximum absolute atomic E-state index is 12.0. The van der Waals surface area contributed by atoms with Crippen LogP contribution < -0.4 is 9.47 Å². The van der Waals surface area contributed by atoms with E-state index in [0.717, 1.165) is 37.2 Å². The molecular formula is C23H32N2O3. The molecule has 5 nitrogen and oxygen atoms in total. The van der Waals surface area contributed by atoms with Gasteiger partial charge in [-0.3, -0.25) is 4.79 Å². The van der Waals surface area contributed by atoms with E-state index in [0.29, 0.717) is 30.4 Å². The Balaban J connectivity index is 1.80. The third kappa shape index (κ3) is 7.67. The summed E-state index contributed by atoms with van der Waals surface area (Å²) in [5.41, 5.74) is 0.869. The quantitative estimate of drug-likeness (QED) is 0.261. The SMILES string of the molecule is CCCCOc1cnc(-c2ccc(OC(=O)CCCCC(C)CC)cc2)nc1. The summed E-state index contributed by atoms with van der Waals surface area (Å²) in [5, 5.41) is 0. The number of unbranched alkanes of at least 4 members (excludes halogenated alkanes) is 2. The molecule has 1 atom stereocenters. The molecule has 0 aliphatic carbocycles. The minimum Gasteiger partial charge on any atom is -0.490 e. The molecule has 2 aromatic rings. The average Bonchev–Trinajstić information content (AvgIpc) is 2.72. The molecular weight excluding hydrogens is 352 g/mol. The van der Waals surface area contributed by atoms with Crippen molar-refractivity contribution in [3.63, 3.8) is 0 Å². The largest absolute Gasteiger partial charge is 0.490 e. The highest BCUT2D eigenvalue weighted by Gasteiger charge is 2.07. The second kappa shape index (κ2) is 12.1. The summed E-state index contributed by atoms with van der Waals surface area (Å²) in [6.45, 7) is 7.24. The third-order valence-electron chi connectivity index (χ3n) is 4.76. The Kier molecular flexibility index (Phi) is 9.46. The lowest BCUT2D eigenvalue weighted by molar-refractivity contribution is -0.134. The Bertz CT molecular complexity index is 699. The summed E-state index contributed by atoms with van der Waals surface area (Å²) in [6, 6.07) is 7.28. The maximum atomic E-state index is 12.0. The minimum absolute atomic E-state index is 0.179. The Morgan fingerprint density at radius 3 is 2.36 bits per heavy atom. The fraction of sp³-hybridized carbons (Fsp3) is 0.522. The van der Waals surface area contributed by atoms with Crippen molar-refractivity contribution in [3.8, 4) is 22.9 Å². The first-order chi connectivity index (χ1) is 13.6. The summed E-state index contributed by atoms with van der Waals surface area (Å²) in [7, 11) is 0. The van der Waals surface area contributed by atoms with Gasteiger partial charge >= 0.3 is 5.97 Å². The third-order valence-corrected chi connectivity index (χ3v) is 4.76. The topological polar surface area (TPSA) is 61.3 Å². The molecule has 0 saturated heterocycles. The highest BCUT2D eigenvalue weighted by Crippen LogP contribution is 2.21. The van der Waals surface area contributed by atoms with E-state index in [1.807, 2.05) is 12.1 Å².